The largest absolute Gasteiger partial charge is 0.394 e. The first kappa shape index (κ1) is 13.6. The van der Waals surface area contributed by atoms with Crippen LogP contribution >= 0.6 is 0 Å². The molecule has 2 aromatic rings. The van der Waals surface area contributed by atoms with Crippen LogP contribution in [0.15, 0.2) is 36.4 Å². The average molecular weight is 257 g/mol. The van der Waals surface area contributed by atoms with Crippen LogP contribution in [-0.2, 0) is 4.79 Å². The SMILES string of the molecule is CC(=O)N(C)C(CO)c1ccc2cc(C)ccc2c1. The predicted octanol–water partition coefficient (Wildman–Crippen LogP) is 2.66. The highest BCUT2D eigenvalue weighted by molar-refractivity contribution is 5.84. The van der Waals surface area contributed by atoms with E-state index in [1.807, 2.05) is 18.2 Å². The lowest BCUT2D eigenvalue weighted by Gasteiger charge is -2.26. The van der Waals surface area contributed by atoms with Crippen LogP contribution in [0.4, 0.5) is 0 Å². The summed E-state index contributed by atoms with van der Waals surface area (Å²) in [5.41, 5.74) is 2.18. The molecule has 19 heavy (non-hydrogen) atoms. The Morgan fingerprint density at radius 3 is 2.47 bits per heavy atom. The number of carbonyl (C=O) groups is 1. The second-order valence-corrected chi connectivity index (χ2v) is 4.94. The minimum absolute atomic E-state index is 0.0527. The highest BCUT2D eigenvalue weighted by Gasteiger charge is 2.18. The lowest BCUT2D eigenvalue weighted by atomic mass is 10.0. The van der Waals surface area contributed by atoms with Gasteiger partial charge >= 0.3 is 0 Å². The lowest BCUT2D eigenvalue weighted by molar-refractivity contribution is -0.130. The summed E-state index contributed by atoms with van der Waals surface area (Å²) < 4.78 is 0. The molecule has 1 amide bonds. The highest BCUT2D eigenvalue weighted by Crippen LogP contribution is 2.24. The summed E-state index contributed by atoms with van der Waals surface area (Å²) in [4.78, 5) is 13.0. The van der Waals surface area contributed by atoms with Gasteiger partial charge in [-0.2, -0.15) is 0 Å². The number of carbonyl (C=O) groups excluding carboxylic acids is 1. The van der Waals surface area contributed by atoms with Gasteiger partial charge in [-0.05, 0) is 29.3 Å². The molecule has 1 N–H and O–H groups in total. The zero-order chi connectivity index (χ0) is 14.0. The summed E-state index contributed by atoms with van der Waals surface area (Å²) >= 11 is 0. The molecule has 0 aromatic heterocycles. The van der Waals surface area contributed by atoms with Crippen molar-refractivity contribution >= 4 is 16.7 Å². The first-order valence-electron chi connectivity index (χ1n) is 6.37. The fourth-order valence-electron chi connectivity index (χ4n) is 2.26. The van der Waals surface area contributed by atoms with E-state index < -0.39 is 0 Å². The number of aryl methyl sites for hydroxylation is 1. The van der Waals surface area contributed by atoms with Crippen molar-refractivity contribution in [3.05, 3.63) is 47.5 Å². The molecule has 3 heteroatoms. The van der Waals surface area contributed by atoms with Gasteiger partial charge in [-0.3, -0.25) is 4.79 Å². The van der Waals surface area contributed by atoms with E-state index >= 15 is 0 Å². The summed E-state index contributed by atoms with van der Waals surface area (Å²) in [7, 11) is 1.71. The third-order valence-corrected chi connectivity index (χ3v) is 3.54. The highest BCUT2D eigenvalue weighted by atomic mass is 16.3. The zero-order valence-electron chi connectivity index (χ0n) is 11.6. The minimum Gasteiger partial charge on any atom is -0.394 e. The number of aliphatic hydroxyl groups excluding tert-OH is 1. The number of hydrogen-bond acceptors (Lipinski definition) is 2. The van der Waals surface area contributed by atoms with Gasteiger partial charge in [0.15, 0.2) is 0 Å². The smallest absolute Gasteiger partial charge is 0.219 e. The first-order chi connectivity index (χ1) is 9.02. The number of rotatable bonds is 3. The van der Waals surface area contributed by atoms with Crippen LogP contribution in [0.25, 0.3) is 10.8 Å². The van der Waals surface area contributed by atoms with Crippen molar-refractivity contribution in [2.45, 2.75) is 19.9 Å². The van der Waals surface area contributed by atoms with E-state index in [1.54, 1.807) is 11.9 Å². The van der Waals surface area contributed by atoms with Crippen molar-refractivity contribution in [2.75, 3.05) is 13.7 Å². The molecular formula is C16H19NO2. The summed E-state index contributed by atoms with van der Waals surface area (Å²) in [5, 5.41) is 11.8. The number of nitrogens with zero attached hydrogens (tertiary/aromatic N) is 1. The van der Waals surface area contributed by atoms with Crippen LogP contribution in [0, 0.1) is 6.92 Å². The number of hydrogen-bond donors (Lipinski definition) is 1. The molecule has 1 atom stereocenters. The van der Waals surface area contributed by atoms with Crippen molar-refractivity contribution in [1.29, 1.82) is 0 Å². The second kappa shape index (κ2) is 5.41. The Hall–Kier alpha value is -1.87. The van der Waals surface area contributed by atoms with E-state index in [9.17, 15) is 9.90 Å². The number of benzene rings is 2. The number of fused-ring (bicyclic) bond motifs is 1. The Morgan fingerprint density at radius 2 is 1.84 bits per heavy atom. The molecule has 0 aliphatic carbocycles. The fraction of sp³-hybridized carbons (Fsp3) is 0.312. The van der Waals surface area contributed by atoms with Crippen LogP contribution in [0.2, 0.25) is 0 Å². The van der Waals surface area contributed by atoms with E-state index in [1.165, 1.54) is 17.9 Å². The molecule has 2 rings (SSSR count). The maximum atomic E-state index is 11.4. The van der Waals surface area contributed by atoms with Gasteiger partial charge in [-0.1, -0.05) is 35.9 Å². The van der Waals surface area contributed by atoms with Crippen LogP contribution < -0.4 is 0 Å². The van der Waals surface area contributed by atoms with Crippen molar-refractivity contribution < 1.29 is 9.90 Å². The molecule has 0 aliphatic heterocycles. The third kappa shape index (κ3) is 2.76. The van der Waals surface area contributed by atoms with Crippen LogP contribution in [0.1, 0.15) is 24.1 Å². The van der Waals surface area contributed by atoms with Gasteiger partial charge in [0.2, 0.25) is 5.91 Å². The topological polar surface area (TPSA) is 40.5 Å². The Kier molecular flexibility index (Phi) is 3.86. The molecule has 1 unspecified atom stereocenters. The quantitative estimate of drug-likeness (QED) is 0.918. The van der Waals surface area contributed by atoms with Crippen molar-refractivity contribution in [2.24, 2.45) is 0 Å². The maximum Gasteiger partial charge on any atom is 0.219 e. The van der Waals surface area contributed by atoms with Crippen LogP contribution in [0.3, 0.4) is 0 Å². The Morgan fingerprint density at radius 1 is 1.21 bits per heavy atom. The van der Waals surface area contributed by atoms with E-state index in [2.05, 4.69) is 25.1 Å². The number of amides is 1. The molecule has 0 bridgehead atoms. The van der Waals surface area contributed by atoms with E-state index in [0.717, 1.165) is 10.9 Å². The zero-order valence-corrected chi connectivity index (χ0v) is 11.6. The van der Waals surface area contributed by atoms with Gasteiger partial charge in [-0.25, -0.2) is 0 Å². The van der Waals surface area contributed by atoms with Gasteiger partial charge in [-0.15, -0.1) is 0 Å². The van der Waals surface area contributed by atoms with E-state index in [0.29, 0.717) is 0 Å². The number of likely N-dealkylation sites (N-methyl/N-ethyl adjacent to an activating group) is 1. The van der Waals surface area contributed by atoms with Crippen LogP contribution in [-0.4, -0.2) is 29.6 Å². The molecule has 0 aliphatic rings. The Bertz CT molecular complexity index is 607. The van der Waals surface area contributed by atoms with Crippen LogP contribution in [0.5, 0.6) is 0 Å². The molecule has 0 saturated heterocycles. The number of aliphatic hydroxyl groups is 1. The molecule has 0 radical (unpaired) electrons. The first-order valence-corrected chi connectivity index (χ1v) is 6.37. The maximum absolute atomic E-state index is 11.4. The Labute approximate surface area is 113 Å². The summed E-state index contributed by atoms with van der Waals surface area (Å²) in [6.07, 6.45) is 0. The van der Waals surface area contributed by atoms with Gasteiger partial charge in [0.05, 0.1) is 12.6 Å². The molecule has 2 aromatic carbocycles. The van der Waals surface area contributed by atoms with Gasteiger partial charge in [0.25, 0.3) is 0 Å². The van der Waals surface area contributed by atoms with Gasteiger partial charge < -0.3 is 10.0 Å². The van der Waals surface area contributed by atoms with E-state index in [4.69, 9.17) is 0 Å². The Balaban J connectivity index is 2.44. The van der Waals surface area contributed by atoms with Crippen molar-refractivity contribution in [3.63, 3.8) is 0 Å². The molecular weight excluding hydrogens is 238 g/mol. The molecule has 100 valence electrons. The lowest BCUT2D eigenvalue weighted by Crippen LogP contribution is -2.31. The van der Waals surface area contributed by atoms with Gasteiger partial charge in [0.1, 0.15) is 0 Å². The van der Waals surface area contributed by atoms with Crippen molar-refractivity contribution in [1.82, 2.24) is 4.90 Å². The molecule has 0 fully saturated rings. The summed E-state index contributed by atoms with van der Waals surface area (Å²) in [5.74, 6) is -0.0527. The predicted molar refractivity (Wildman–Crippen MR) is 77.0 cm³/mol. The standard InChI is InChI=1S/C16H19NO2/c1-11-4-5-14-9-15(7-6-13(14)8-11)16(10-18)17(3)12(2)19/h4-9,16,18H,10H2,1-3H3. The summed E-state index contributed by atoms with van der Waals surface area (Å²) in [6.45, 7) is 3.49. The van der Waals surface area contributed by atoms with Gasteiger partial charge in [0, 0.05) is 14.0 Å². The normalized spacial score (nSPS) is 12.4. The fourth-order valence-corrected chi connectivity index (χ4v) is 2.26. The second-order valence-electron chi connectivity index (χ2n) is 4.94. The molecule has 3 nitrogen and oxygen atoms in total. The molecule has 0 saturated carbocycles. The minimum atomic E-state index is -0.289. The molecule has 0 spiro atoms. The monoisotopic (exact) mass is 257 g/mol. The van der Waals surface area contributed by atoms with Crippen molar-refractivity contribution in [3.8, 4) is 0 Å². The molecule has 0 heterocycles. The summed E-state index contributed by atoms with van der Waals surface area (Å²) in [6, 6.07) is 12.0. The van der Waals surface area contributed by atoms with E-state index in [-0.39, 0.29) is 18.6 Å². The third-order valence-electron chi connectivity index (χ3n) is 3.54. The average Bonchev–Trinajstić information content (AvgIpc) is 2.39.